The van der Waals surface area contributed by atoms with Crippen LogP contribution in [0.5, 0.6) is 0 Å². The average molecular weight is 360 g/mol. The molecule has 3 aromatic rings. The summed E-state index contributed by atoms with van der Waals surface area (Å²) in [5.74, 6) is -0.478. The molecule has 2 amide bonds. The molecule has 3 rings (SSSR count). The highest BCUT2D eigenvalue weighted by molar-refractivity contribution is 6.05. The van der Waals surface area contributed by atoms with Gasteiger partial charge in [-0.05, 0) is 42.3 Å². The summed E-state index contributed by atoms with van der Waals surface area (Å²) < 4.78 is 0. The van der Waals surface area contributed by atoms with E-state index in [4.69, 9.17) is 0 Å². The number of hydrogen-bond donors (Lipinski definition) is 1. The standard InChI is InChI=1S/C21H20N4O2/c1-25(12-9-16-7-10-22-11-8-16)21(27)18-13-17(14-23-15-18)20(26)24-19-5-3-2-4-6-19/h2-8,10-11,13-15H,9,12H2,1H3,(H,24,26). The molecular formula is C21H20N4O2. The van der Waals surface area contributed by atoms with Crippen LogP contribution in [0, 0.1) is 0 Å². The normalized spacial score (nSPS) is 10.3. The van der Waals surface area contributed by atoms with Crippen LogP contribution in [-0.2, 0) is 6.42 Å². The van der Waals surface area contributed by atoms with E-state index in [1.165, 1.54) is 12.4 Å². The van der Waals surface area contributed by atoms with E-state index in [2.05, 4.69) is 15.3 Å². The number of carbonyl (C=O) groups excluding carboxylic acids is 2. The second kappa shape index (κ2) is 8.71. The molecule has 2 aromatic heterocycles. The number of likely N-dealkylation sites (N-methyl/N-ethyl adjacent to an activating group) is 1. The number of anilines is 1. The largest absolute Gasteiger partial charge is 0.341 e. The number of pyridine rings is 2. The lowest BCUT2D eigenvalue weighted by Gasteiger charge is -2.17. The van der Waals surface area contributed by atoms with Gasteiger partial charge in [0.15, 0.2) is 0 Å². The number of para-hydroxylation sites is 1. The lowest BCUT2D eigenvalue weighted by molar-refractivity contribution is 0.0796. The maximum Gasteiger partial charge on any atom is 0.257 e. The summed E-state index contributed by atoms with van der Waals surface area (Å²) in [6.07, 6.45) is 7.12. The third-order valence-electron chi connectivity index (χ3n) is 4.11. The monoisotopic (exact) mass is 360 g/mol. The third kappa shape index (κ3) is 4.98. The van der Waals surface area contributed by atoms with Crippen LogP contribution in [-0.4, -0.2) is 40.3 Å². The Morgan fingerprint density at radius 2 is 1.67 bits per heavy atom. The van der Waals surface area contributed by atoms with Crippen molar-refractivity contribution >= 4 is 17.5 Å². The zero-order valence-corrected chi connectivity index (χ0v) is 15.0. The highest BCUT2D eigenvalue weighted by Crippen LogP contribution is 2.11. The van der Waals surface area contributed by atoms with Gasteiger partial charge in [0.25, 0.3) is 11.8 Å². The number of rotatable bonds is 6. The number of carbonyl (C=O) groups is 2. The second-order valence-corrected chi connectivity index (χ2v) is 6.11. The van der Waals surface area contributed by atoms with Gasteiger partial charge in [0.2, 0.25) is 0 Å². The summed E-state index contributed by atoms with van der Waals surface area (Å²) in [6.45, 7) is 0.559. The van der Waals surface area contributed by atoms with Crippen molar-refractivity contribution in [2.24, 2.45) is 0 Å². The lowest BCUT2D eigenvalue weighted by Crippen LogP contribution is -2.29. The van der Waals surface area contributed by atoms with Crippen LogP contribution in [0.1, 0.15) is 26.3 Å². The van der Waals surface area contributed by atoms with Gasteiger partial charge in [-0.2, -0.15) is 0 Å². The Labute approximate surface area is 157 Å². The van der Waals surface area contributed by atoms with Crippen molar-refractivity contribution in [1.82, 2.24) is 14.9 Å². The van der Waals surface area contributed by atoms with Gasteiger partial charge in [-0.15, -0.1) is 0 Å². The van der Waals surface area contributed by atoms with Crippen molar-refractivity contribution in [3.63, 3.8) is 0 Å². The van der Waals surface area contributed by atoms with Gasteiger partial charge in [0, 0.05) is 44.1 Å². The van der Waals surface area contributed by atoms with Crippen molar-refractivity contribution in [1.29, 1.82) is 0 Å². The molecule has 0 fully saturated rings. The Hall–Kier alpha value is -3.54. The zero-order valence-electron chi connectivity index (χ0n) is 15.0. The molecule has 27 heavy (non-hydrogen) atoms. The highest BCUT2D eigenvalue weighted by atomic mass is 16.2. The molecular weight excluding hydrogens is 340 g/mol. The first-order chi connectivity index (χ1) is 13.1. The first-order valence-electron chi connectivity index (χ1n) is 8.59. The first kappa shape index (κ1) is 18.3. The number of nitrogens with zero attached hydrogens (tertiary/aromatic N) is 3. The van der Waals surface area contributed by atoms with E-state index in [0.717, 1.165) is 12.0 Å². The molecule has 0 aliphatic heterocycles. The lowest BCUT2D eigenvalue weighted by atomic mass is 10.1. The number of aromatic nitrogens is 2. The molecule has 1 aromatic carbocycles. The van der Waals surface area contributed by atoms with Crippen LogP contribution >= 0.6 is 0 Å². The Bertz CT molecular complexity index is 914. The van der Waals surface area contributed by atoms with E-state index in [1.54, 1.807) is 42.5 Å². The summed E-state index contributed by atoms with van der Waals surface area (Å²) in [7, 11) is 1.74. The SMILES string of the molecule is CN(CCc1ccncc1)C(=O)c1cncc(C(=O)Nc2ccccc2)c1. The average Bonchev–Trinajstić information content (AvgIpc) is 2.73. The van der Waals surface area contributed by atoms with Gasteiger partial charge in [0.1, 0.15) is 0 Å². The summed E-state index contributed by atoms with van der Waals surface area (Å²) in [4.78, 5) is 34.7. The van der Waals surface area contributed by atoms with Gasteiger partial charge < -0.3 is 10.2 Å². The predicted octanol–water partition coefficient (Wildman–Crippen LogP) is 3.04. The van der Waals surface area contributed by atoms with Crippen LogP contribution < -0.4 is 5.32 Å². The molecule has 0 atom stereocenters. The molecule has 0 saturated carbocycles. The topological polar surface area (TPSA) is 75.2 Å². The van der Waals surface area contributed by atoms with Crippen molar-refractivity contribution in [3.05, 3.63) is 90.0 Å². The van der Waals surface area contributed by atoms with Gasteiger partial charge >= 0.3 is 0 Å². The quantitative estimate of drug-likeness (QED) is 0.733. The number of nitrogens with one attached hydrogen (secondary N) is 1. The van der Waals surface area contributed by atoms with E-state index < -0.39 is 0 Å². The molecule has 6 heteroatoms. The minimum Gasteiger partial charge on any atom is -0.341 e. The van der Waals surface area contributed by atoms with E-state index in [0.29, 0.717) is 23.4 Å². The molecule has 0 radical (unpaired) electrons. The van der Waals surface area contributed by atoms with E-state index >= 15 is 0 Å². The van der Waals surface area contributed by atoms with Gasteiger partial charge in [0.05, 0.1) is 11.1 Å². The van der Waals surface area contributed by atoms with Crippen molar-refractivity contribution < 1.29 is 9.59 Å². The maximum atomic E-state index is 12.6. The summed E-state index contributed by atoms with van der Waals surface area (Å²) in [5.41, 5.74) is 2.52. The summed E-state index contributed by atoms with van der Waals surface area (Å²) in [5, 5.41) is 2.79. The third-order valence-corrected chi connectivity index (χ3v) is 4.11. The molecule has 0 unspecified atom stereocenters. The molecule has 0 aliphatic rings. The molecule has 0 saturated heterocycles. The Morgan fingerprint density at radius 3 is 2.41 bits per heavy atom. The molecule has 2 heterocycles. The van der Waals surface area contributed by atoms with Crippen LogP contribution in [0.25, 0.3) is 0 Å². The van der Waals surface area contributed by atoms with E-state index in [-0.39, 0.29) is 11.8 Å². The maximum absolute atomic E-state index is 12.6. The Kier molecular flexibility index (Phi) is 5.89. The predicted molar refractivity (Wildman–Crippen MR) is 104 cm³/mol. The Morgan fingerprint density at radius 1 is 0.963 bits per heavy atom. The second-order valence-electron chi connectivity index (χ2n) is 6.11. The number of amides is 2. The van der Waals surface area contributed by atoms with E-state index in [9.17, 15) is 9.59 Å². The molecule has 1 N–H and O–H groups in total. The van der Waals surface area contributed by atoms with Crippen LogP contribution in [0.15, 0.2) is 73.3 Å². The van der Waals surface area contributed by atoms with Crippen molar-refractivity contribution in [2.75, 3.05) is 18.9 Å². The van der Waals surface area contributed by atoms with Crippen molar-refractivity contribution in [2.45, 2.75) is 6.42 Å². The minimum atomic E-state index is -0.303. The highest BCUT2D eigenvalue weighted by Gasteiger charge is 2.15. The first-order valence-corrected chi connectivity index (χ1v) is 8.59. The van der Waals surface area contributed by atoms with Crippen LogP contribution in [0.2, 0.25) is 0 Å². The summed E-state index contributed by atoms with van der Waals surface area (Å²) >= 11 is 0. The Balaban J connectivity index is 1.65. The molecule has 0 bridgehead atoms. The van der Waals surface area contributed by atoms with Crippen LogP contribution in [0.4, 0.5) is 5.69 Å². The smallest absolute Gasteiger partial charge is 0.257 e. The molecule has 0 aliphatic carbocycles. The number of hydrogen-bond acceptors (Lipinski definition) is 4. The summed E-state index contributed by atoms with van der Waals surface area (Å²) in [6, 6.07) is 14.6. The van der Waals surface area contributed by atoms with Crippen molar-refractivity contribution in [3.8, 4) is 0 Å². The molecule has 136 valence electrons. The fourth-order valence-electron chi connectivity index (χ4n) is 2.57. The van der Waals surface area contributed by atoms with Crippen LogP contribution in [0.3, 0.4) is 0 Å². The molecule has 6 nitrogen and oxygen atoms in total. The fourth-order valence-corrected chi connectivity index (χ4v) is 2.57. The van der Waals surface area contributed by atoms with E-state index in [1.807, 2.05) is 30.3 Å². The zero-order chi connectivity index (χ0) is 19.1. The van der Waals surface area contributed by atoms with Gasteiger partial charge in [-0.3, -0.25) is 19.6 Å². The molecule has 0 spiro atoms. The number of benzene rings is 1. The van der Waals surface area contributed by atoms with Gasteiger partial charge in [-0.25, -0.2) is 0 Å². The minimum absolute atomic E-state index is 0.175. The fraction of sp³-hybridized carbons (Fsp3) is 0.143. The van der Waals surface area contributed by atoms with Gasteiger partial charge in [-0.1, -0.05) is 18.2 Å².